The van der Waals surface area contributed by atoms with Crippen LogP contribution in [0.15, 0.2) is 0 Å². The van der Waals surface area contributed by atoms with Gasteiger partial charge in [0, 0.05) is 19.0 Å². The van der Waals surface area contributed by atoms with Gasteiger partial charge in [-0.1, -0.05) is 0 Å². The molecule has 2 saturated heterocycles. The fourth-order valence-electron chi connectivity index (χ4n) is 2.96. The Balaban J connectivity index is 1.49. The third-order valence-electron chi connectivity index (χ3n) is 4.26. The highest BCUT2D eigenvalue weighted by atomic mass is 16.5. The molecule has 3 unspecified atom stereocenters. The monoisotopic (exact) mass is 206 g/mol. The summed E-state index contributed by atoms with van der Waals surface area (Å²) in [6, 6.07) is 2.88. The molecule has 3 nitrogen and oxygen atoms in total. The zero-order chi connectivity index (χ0) is 10.3. The van der Waals surface area contributed by atoms with E-state index in [1.807, 2.05) is 0 Å². The SMILES string of the molecule is N#CCC1(CNC2CC3CCC2O3)CC1. The lowest BCUT2D eigenvalue weighted by atomic mass is 9.94. The Morgan fingerprint density at radius 1 is 1.40 bits per heavy atom. The maximum Gasteiger partial charge on any atom is 0.0733 e. The number of ether oxygens (including phenoxy) is 1. The van der Waals surface area contributed by atoms with E-state index in [9.17, 15) is 0 Å². The fraction of sp³-hybridized carbons (Fsp3) is 0.917. The first-order valence-electron chi connectivity index (χ1n) is 6.07. The van der Waals surface area contributed by atoms with Crippen molar-refractivity contribution >= 4 is 0 Å². The van der Waals surface area contributed by atoms with Crippen molar-refractivity contribution in [2.75, 3.05) is 6.54 Å². The van der Waals surface area contributed by atoms with Crippen LogP contribution in [-0.2, 0) is 4.74 Å². The normalized spacial score (nSPS) is 40.3. The van der Waals surface area contributed by atoms with Crippen molar-refractivity contribution in [3.05, 3.63) is 0 Å². The molecule has 0 radical (unpaired) electrons. The number of rotatable bonds is 4. The highest BCUT2D eigenvalue weighted by Gasteiger charge is 2.45. The summed E-state index contributed by atoms with van der Waals surface area (Å²) in [4.78, 5) is 0. The van der Waals surface area contributed by atoms with Gasteiger partial charge >= 0.3 is 0 Å². The molecule has 2 heterocycles. The molecule has 0 aromatic carbocycles. The summed E-state index contributed by atoms with van der Waals surface area (Å²) >= 11 is 0. The Morgan fingerprint density at radius 3 is 2.80 bits per heavy atom. The highest BCUT2D eigenvalue weighted by molar-refractivity contribution is 5.03. The minimum atomic E-state index is 0.330. The first kappa shape index (κ1) is 9.62. The van der Waals surface area contributed by atoms with Crippen LogP contribution in [0.3, 0.4) is 0 Å². The van der Waals surface area contributed by atoms with Crippen LogP contribution in [0.5, 0.6) is 0 Å². The van der Waals surface area contributed by atoms with Gasteiger partial charge in [0.2, 0.25) is 0 Å². The molecule has 2 aliphatic heterocycles. The molecular weight excluding hydrogens is 188 g/mol. The van der Waals surface area contributed by atoms with Crippen molar-refractivity contribution in [1.82, 2.24) is 5.32 Å². The Morgan fingerprint density at radius 2 is 2.27 bits per heavy atom. The largest absolute Gasteiger partial charge is 0.373 e. The van der Waals surface area contributed by atoms with Crippen LogP contribution >= 0.6 is 0 Å². The molecule has 3 heteroatoms. The van der Waals surface area contributed by atoms with E-state index in [0.717, 1.165) is 13.0 Å². The molecule has 3 atom stereocenters. The molecular formula is C12H18N2O. The molecule has 1 aliphatic carbocycles. The predicted molar refractivity (Wildman–Crippen MR) is 56.2 cm³/mol. The van der Waals surface area contributed by atoms with Gasteiger partial charge < -0.3 is 10.1 Å². The van der Waals surface area contributed by atoms with Crippen molar-refractivity contribution in [2.24, 2.45) is 5.41 Å². The lowest BCUT2D eigenvalue weighted by molar-refractivity contribution is 0.0968. The average molecular weight is 206 g/mol. The van der Waals surface area contributed by atoms with E-state index in [4.69, 9.17) is 10.00 Å². The number of nitrogens with zero attached hydrogens (tertiary/aromatic N) is 1. The van der Waals surface area contributed by atoms with E-state index in [-0.39, 0.29) is 0 Å². The van der Waals surface area contributed by atoms with Crippen molar-refractivity contribution in [2.45, 2.75) is 56.8 Å². The molecule has 0 spiro atoms. The average Bonchev–Trinajstić information content (AvgIpc) is 2.73. The predicted octanol–water partition coefficient (Wildman–Crippen LogP) is 1.59. The molecule has 0 amide bonds. The summed E-state index contributed by atoms with van der Waals surface area (Å²) in [5.41, 5.74) is 0.330. The van der Waals surface area contributed by atoms with Gasteiger partial charge in [-0.05, 0) is 37.5 Å². The first-order chi connectivity index (χ1) is 7.31. The molecule has 0 aromatic heterocycles. The van der Waals surface area contributed by atoms with E-state index >= 15 is 0 Å². The van der Waals surface area contributed by atoms with Gasteiger partial charge in [0.05, 0.1) is 18.3 Å². The van der Waals surface area contributed by atoms with Gasteiger partial charge in [-0.2, -0.15) is 5.26 Å². The molecule has 1 saturated carbocycles. The molecule has 0 aromatic rings. The fourth-order valence-corrected chi connectivity index (χ4v) is 2.96. The third-order valence-corrected chi connectivity index (χ3v) is 4.26. The number of fused-ring (bicyclic) bond motifs is 2. The molecule has 82 valence electrons. The summed E-state index contributed by atoms with van der Waals surface area (Å²) in [7, 11) is 0. The number of nitriles is 1. The van der Waals surface area contributed by atoms with Crippen molar-refractivity contribution in [1.29, 1.82) is 5.26 Å². The Kier molecular flexibility index (Phi) is 2.22. The van der Waals surface area contributed by atoms with E-state index in [0.29, 0.717) is 23.7 Å². The van der Waals surface area contributed by atoms with Crippen LogP contribution < -0.4 is 5.32 Å². The summed E-state index contributed by atoms with van der Waals surface area (Å²) in [5.74, 6) is 0. The van der Waals surface area contributed by atoms with Gasteiger partial charge in [-0.25, -0.2) is 0 Å². The van der Waals surface area contributed by atoms with Crippen molar-refractivity contribution < 1.29 is 4.74 Å². The van der Waals surface area contributed by atoms with Gasteiger partial charge in [-0.15, -0.1) is 0 Å². The second-order valence-corrected chi connectivity index (χ2v) is 5.43. The number of nitrogens with one attached hydrogen (secondary N) is 1. The quantitative estimate of drug-likeness (QED) is 0.759. The third kappa shape index (κ3) is 1.77. The van der Waals surface area contributed by atoms with Gasteiger partial charge in [0.25, 0.3) is 0 Å². The number of hydrogen-bond donors (Lipinski definition) is 1. The minimum absolute atomic E-state index is 0.330. The van der Waals surface area contributed by atoms with Crippen LogP contribution in [0, 0.1) is 16.7 Å². The maximum atomic E-state index is 8.74. The smallest absolute Gasteiger partial charge is 0.0733 e. The zero-order valence-corrected chi connectivity index (χ0v) is 9.04. The molecule has 3 rings (SSSR count). The Labute approximate surface area is 90.8 Å². The van der Waals surface area contributed by atoms with Crippen LogP contribution in [0.4, 0.5) is 0 Å². The lowest BCUT2D eigenvalue weighted by Gasteiger charge is -2.22. The summed E-state index contributed by atoms with van der Waals surface area (Å²) in [6.07, 6.45) is 7.85. The second-order valence-electron chi connectivity index (χ2n) is 5.43. The van der Waals surface area contributed by atoms with Crippen LogP contribution in [0.1, 0.15) is 38.5 Å². The Bertz CT molecular complexity index is 292. The van der Waals surface area contributed by atoms with Gasteiger partial charge in [0.1, 0.15) is 0 Å². The van der Waals surface area contributed by atoms with Gasteiger partial charge in [-0.3, -0.25) is 0 Å². The molecule has 1 N–H and O–H groups in total. The summed E-state index contributed by atoms with van der Waals surface area (Å²) < 4.78 is 5.80. The molecule has 3 aliphatic rings. The second kappa shape index (κ2) is 3.47. The van der Waals surface area contributed by atoms with Crippen molar-refractivity contribution in [3.63, 3.8) is 0 Å². The lowest BCUT2D eigenvalue weighted by Crippen LogP contribution is -2.40. The van der Waals surface area contributed by atoms with E-state index < -0.39 is 0 Å². The van der Waals surface area contributed by atoms with E-state index in [1.54, 1.807) is 0 Å². The van der Waals surface area contributed by atoms with Crippen LogP contribution in [-0.4, -0.2) is 24.8 Å². The molecule has 2 bridgehead atoms. The molecule has 3 fully saturated rings. The first-order valence-corrected chi connectivity index (χ1v) is 6.07. The van der Waals surface area contributed by atoms with Crippen LogP contribution in [0.25, 0.3) is 0 Å². The minimum Gasteiger partial charge on any atom is -0.373 e. The van der Waals surface area contributed by atoms with E-state index in [1.165, 1.54) is 32.1 Å². The highest BCUT2D eigenvalue weighted by Crippen LogP contribution is 2.48. The Hall–Kier alpha value is -0.590. The zero-order valence-electron chi connectivity index (χ0n) is 9.04. The van der Waals surface area contributed by atoms with Gasteiger partial charge in [0.15, 0.2) is 0 Å². The van der Waals surface area contributed by atoms with Crippen LogP contribution in [0.2, 0.25) is 0 Å². The summed E-state index contributed by atoms with van der Waals surface area (Å²) in [6.45, 7) is 1.03. The molecule has 15 heavy (non-hydrogen) atoms. The standard InChI is InChI=1S/C12H18N2O/c13-6-5-12(3-4-12)8-14-10-7-9-1-2-11(10)15-9/h9-11,14H,1-5,7-8H2. The van der Waals surface area contributed by atoms with Crippen molar-refractivity contribution in [3.8, 4) is 6.07 Å². The summed E-state index contributed by atoms with van der Waals surface area (Å²) in [5, 5.41) is 12.4. The van der Waals surface area contributed by atoms with E-state index in [2.05, 4.69) is 11.4 Å². The topological polar surface area (TPSA) is 45.0 Å². The number of hydrogen-bond acceptors (Lipinski definition) is 3. The maximum absolute atomic E-state index is 8.74.